The largest absolute Gasteiger partial charge is 0.494 e. The number of non-ortho nitro benzene ring substituents is 1. The third-order valence-electron chi connectivity index (χ3n) is 3.95. The fourth-order valence-corrected chi connectivity index (χ4v) is 2.55. The van der Waals surface area contributed by atoms with Crippen LogP contribution in [0.1, 0.15) is 17.5 Å². The molecule has 0 bridgehead atoms. The first kappa shape index (κ1) is 20.6. The van der Waals surface area contributed by atoms with E-state index in [2.05, 4.69) is 5.32 Å². The van der Waals surface area contributed by atoms with Crippen molar-refractivity contribution in [2.24, 2.45) is 0 Å². The summed E-state index contributed by atoms with van der Waals surface area (Å²) in [6.45, 7) is 1.93. The topological polar surface area (TPSA) is 121 Å². The number of nitrogens with zero attached hydrogens (tertiary/aromatic N) is 1. The van der Waals surface area contributed by atoms with Gasteiger partial charge in [0.1, 0.15) is 11.5 Å². The Balaban J connectivity index is 1.53. The van der Waals surface area contributed by atoms with E-state index in [9.17, 15) is 19.7 Å². The molecular formula is C21H18N2O7. The van der Waals surface area contributed by atoms with Crippen LogP contribution in [0.5, 0.6) is 5.75 Å². The lowest BCUT2D eigenvalue weighted by molar-refractivity contribution is -0.384. The van der Waals surface area contributed by atoms with Gasteiger partial charge in [0, 0.05) is 23.4 Å². The zero-order valence-corrected chi connectivity index (χ0v) is 16.0. The first-order chi connectivity index (χ1) is 14.5. The first-order valence-electron chi connectivity index (χ1n) is 9.00. The number of benzene rings is 2. The molecule has 3 rings (SSSR count). The van der Waals surface area contributed by atoms with Gasteiger partial charge in [-0.3, -0.25) is 14.9 Å². The standard InChI is InChI=1S/C21H18N2O7/c1-2-28-17-9-5-15(6-10-17)22-20(24)13-29-21(25)19-12-11-18(30-19)14-3-7-16(8-4-14)23(26)27/h3-12H,2,13H2,1H3,(H,22,24). The summed E-state index contributed by atoms with van der Waals surface area (Å²) in [6.07, 6.45) is 0. The molecule has 0 saturated carbocycles. The van der Waals surface area contributed by atoms with Crippen molar-refractivity contribution in [1.29, 1.82) is 0 Å². The maximum Gasteiger partial charge on any atom is 0.374 e. The highest BCUT2D eigenvalue weighted by molar-refractivity contribution is 5.94. The molecule has 30 heavy (non-hydrogen) atoms. The molecule has 0 aliphatic rings. The van der Waals surface area contributed by atoms with E-state index in [-0.39, 0.29) is 11.4 Å². The first-order valence-corrected chi connectivity index (χ1v) is 9.00. The second kappa shape index (κ2) is 9.37. The van der Waals surface area contributed by atoms with Crippen LogP contribution in [-0.4, -0.2) is 30.0 Å². The second-order valence-corrected chi connectivity index (χ2v) is 6.05. The SMILES string of the molecule is CCOc1ccc(NC(=O)COC(=O)c2ccc(-c3ccc([N+](=O)[O-])cc3)o2)cc1. The molecule has 0 fully saturated rings. The minimum absolute atomic E-state index is 0.0523. The van der Waals surface area contributed by atoms with Crippen molar-refractivity contribution < 1.29 is 28.4 Å². The number of furan rings is 1. The predicted molar refractivity (Wildman–Crippen MR) is 107 cm³/mol. The third-order valence-corrected chi connectivity index (χ3v) is 3.95. The van der Waals surface area contributed by atoms with Crippen LogP contribution in [0, 0.1) is 10.1 Å². The van der Waals surface area contributed by atoms with Crippen molar-refractivity contribution >= 4 is 23.3 Å². The molecule has 9 heteroatoms. The molecule has 1 aromatic heterocycles. The second-order valence-electron chi connectivity index (χ2n) is 6.05. The van der Waals surface area contributed by atoms with Crippen LogP contribution in [0.3, 0.4) is 0 Å². The summed E-state index contributed by atoms with van der Waals surface area (Å²) in [6, 6.07) is 15.4. The minimum atomic E-state index is -0.801. The molecule has 2 aromatic carbocycles. The van der Waals surface area contributed by atoms with E-state index in [1.807, 2.05) is 6.92 Å². The van der Waals surface area contributed by atoms with E-state index >= 15 is 0 Å². The molecule has 0 unspecified atom stereocenters. The van der Waals surface area contributed by atoms with Gasteiger partial charge in [-0.1, -0.05) is 0 Å². The summed E-state index contributed by atoms with van der Waals surface area (Å²) >= 11 is 0. The average Bonchev–Trinajstić information content (AvgIpc) is 3.24. The predicted octanol–water partition coefficient (Wildman–Crippen LogP) is 4.05. The number of ether oxygens (including phenoxy) is 2. The Hall–Kier alpha value is -4.14. The number of anilines is 1. The van der Waals surface area contributed by atoms with Crippen LogP contribution < -0.4 is 10.1 Å². The normalized spacial score (nSPS) is 10.3. The molecule has 1 heterocycles. The number of hydrogen-bond acceptors (Lipinski definition) is 7. The Morgan fingerprint density at radius 3 is 2.37 bits per heavy atom. The molecular weight excluding hydrogens is 392 g/mol. The van der Waals surface area contributed by atoms with E-state index in [1.54, 1.807) is 24.3 Å². The molecule has 1 N–H and O–H groups in total. The number of rotatable bonds is 8. The van der Waals surface area contributed by atoms with Crippen molar-refractivity contribution in [3.8, 4) is 17.1 Å². The molecule has 0 radical (unpaired) electrons. The lowest BCUT2D eigenvalue weighted by Crippen LogP contribution is -2.20. The maximum atomic E-state index is 12.1. The van der Waals surface area contributed by atoms with Crippen LogP contribution in [0.2, 0.25) is 0 Å². The summed E-state index contributed by atoms with van der Waals surface area (Å²) in [5.41, 5.74) is 1.05. The number of hydrogen-bond donors (Lipinski definition) is 1. The smallest absolute Gasteiger partial charge is 0.374 e. The van der Waals surface area contributed by atoms with Crippen molar-refractivity contribution in [3.05, 3.63) is 76.5 Å². The Labute approximate surface area is 171 Å². The van der Waals surface area contributed by atoms with Crippen LogP contribution in [0.25, 0.3) is 11.3 Å². The summed E-state index contributed by atoms with van der Waals surface area (Å²) < 4.78 is 15.7. The van der Waals surface area contributed by atoms with E-state index in [1.165, 1.54) is 36.4 Å². The van der Waals surface area contributed by atoms with Crippen LogP contribution >= 0.6 is 0 Å². The summed E-state index contributed by atoms with van der Waals surface area (Å²) in [5.74, 6) is -0.365. The molecule has 0 saturated heterocycles. The molecule has 154 valence electrons. The minimum Gasteiger partial charge on any atom is -0.494 e. The van der Waals surface area contributed by atoms with Crippen molar-refractivity contribution in [1.82, 2.24) is 0 Å². The number of amides is 1. The zero-order chi connectivity index (χ0) is 21.5. The van der Waals surface area contributed by atoms with E-state index in [4.69, 9.17) is 13.9 Å². The van der Waals surface area contributed by atoms with Crippen molar-refractivity contribution in [2.45, 2.75) is 6.92 Å². The quantitative estimate of drug-likeness (QED) is 0.338. The number of nitrogens with one attached hydrogen (secondary N) is 1. The van der Waals surface area contributed by atoms with Gasteiger partial charge in [-0.05, 0) is 55.5 Å². The molecule has 9 nitrogen and oxygen atoms in total. The fraction of sp³-hybridized carbons (Fsp3) is 0.143. The maximum absolute atomic E-state index is 12.1. The zero-order valence-electron chi connectivity index (χ0n) is 16.0. The van der Waals surface area contributed by atoms with Crippen LogP contribution in [0.15, 0.2) is 65.1 Å². The van der Waals surface area contributed by atoms with Crippen molar-refractivity contribution in [2.75, 3.05) is 18.5 Å². The van der Waals surface area contributed by atoms with Gasteiger partial charge in [-0.25, -0.2) is 4.79 Å². The highest BCUT2D eigenvalue weighted by Crippen LogP contribution is 2.25. The number of carbonyl (C=O) groups is 2. The molecule has 0 atom stereocenters. The number of nitro benzene ring substituents is 1. The Bertz CT molecular complexity index is 1040. The van der Waals surface area contributed by atoms with Gasteiger partial charge in [-0.2, -0.15) is 0 Å². The van der Waals surface area contributed by atoms with Gasteiger partial charge in [0.25, 0.3) is 11.6 Å². The van der Waals surface area contributed by atoms with E-state index in [0.717, 1.165) is 0 Å². The Kier molecular flexibility index (Phi) is 6.43. The highest BCUT2D eigenvalue weighted by atomic mass is 16.6. The summed E-state index contributed by atoms with van der Waals surface area (Å²) in [5, 5.41) is 13.3. The van der Waals surface area contributed by atoms with Gasteiger partial charge < -0.3 is 19.2 Å². The van der Waals surface area contributed by atoms with Gasteiger partial charge in [0.05, 0.1) is 11.5 Å². The number of nitro groups is 1. The van der Waals surface area contributed by atoms with Gasteiger partial charge >= 0.3 is 5.97 Å². The summed E-state index contributed by atoms with van der Waals surface area (Å²) in [4.78, 5) is 34.3. The molecule has 0 spiro atoms. The molecule has 0 aliphatic heterocycles. The Morgan fingerprint density at radius 2 is 1.73 bits per heavy atom. The molecule has 0 aliphatic carbocycles. The van der Waals surface area contributed by atoms with Gasteiger partial charge in [-0.15, -0.1) is 0 Å². The van der Waals surface area contributed by atoms with Crippen molar-refractivity contribution in [3.63, 3.8) is 0 Å². The van der Waals surface area contributed by atoms with Crippen LogP contribution in [0.4, 0.5) is 11.4 Å². The summed E-state index contributed by atoms with van der Waals surface area (Å²) in [7, 11) is 0. The number of esters is 1. The fourth-order valence-electron chi connectivity index (χ4n) is 2.55. The lowest BCUT2D eigenvalue weighted by Gasteiger charge is -2.07. The third kappa shape index (κ3) is 5.22. The Morgan fingerprint density at radius 1 is 1.03 bits per heavy atom. The average molecular weight is 410 g/mol. The van der Waals surface area contributed by atoms with E-state index in [0.29, 0.717) is 29.4 Å². The monoisotopic (exact) mass is 410 g/mol. The highest BCUT2D eigenvalue weighted by Gasteiger charge is 2.16. The molecule has 3 aromatic rings. The van der Waals surface area contributed by atoms with Gasteiger partial charge in [0.2, 0.25) is 5.76 Å². The molecule has 1 amide bonds. The van der Waals surface area contributed by atoms with E-state index < -0.39 is 23.4 Å². The number of carbonyl (C=O) groups excluding carboxylic acids is 2. The van der Waals surface area contributed by atoms with Gasteiger partial charge in [0.15, 0.2) is 6.61 Å². The lowest BCUT2D eigenvalue weighted by atomic mass is 10.1. The van der Waals surface area contributed by atoms with Crippen LogP contribution in [-0.2, 0) is 9.53 Å².